The van der Waals surface area contributed by atoms with Crippen LogP contribution in [0.3, 0.4) is 0 Å². The molecule has 1 aromatic heterocycles. The highest BCUT2D eigenvalue weighted by atomic mass is 32.1. The largest absolute Gasteiger partial charge is 0.573 e. The van der Waals surface area contributed by atoms with Gasteiger partial charge >= 0.3 is 6.36 Å². The molecule has 0 spiro atoms. The van der Waals surface area contributed by atoms with E-state index < -0.39 is 23.9 Å². The van der Waals surface area contributed by atoms with Crippen molar-refractivity contribution in [2.75, 3.05) is 50.4 Å². The van der Waals surface area contributed by atoms with E-state index in [0.717, 1.165) is 42.6 Å². The topological polar surface area (TPSA) is 123 Å². The molecule has 1 aliphatic rings. The van der Waals surface area contributed by atoms with E-state index in [1.54, 1.807) is 24.3 Å². The second kappa shape index (κ2) is 11.5. The number of benzene rings is 2. The highest BCUT2D eigenvalue weighted by Crippen LogP contribution is 2.30. The Morgan fingerprint density at radius 3 is 2.58 bits per heavy atom. The van der Waals surface area contributed by atoms with Crippen LogP contribution in [0.25, 0.3) is 10.6 Å². The van der Waals surface area contributed by atoms with Crippen LogP contribution in [0.15, 0.2) is 42.5 Å². The SMILES string of the molecule is CN1CCN(CC(=O)Nc2cc(OC(F)(F)F)ccc2C(=O)Nc2nnc(-c3cccc(C#N)c3)s2)CC1. The average Bonchev–Trinajstić information content (AvgIpc) is 3.33. The molecule has 1 saturated heterocycles. The third-order valence-corrected chi connectivity index (χ3v) is 6.48. The number of carbonyl (C=O) groups excluding carboxylic acids is 2. The Kier molecular flexibility index (Phi) is 8.20. The van der Waals surface area contributed by atoms with Crippen molar-refractivity contribution in [1.29, 1.82) is 5.26 Å². The van der Waals surface area contributed by atoms with Gasteiger partial charge < -0.3 is 15.0 Å². The van der Waals surface area contributed by atoms with Crippen molar-refractivity contribution in [3.8, 4) is 22.4 Å². The van der Waals surface area contributed by atoms with Crippen LogP contribution < -0.4 is 15.4 Å². The summed E-state index contributed by atoms with van der Waals surface area (Å²) in [6, 6.07) is 11.8. The van der Waals surface area contributed by atoms with E-state index in [0.29, 0.717) is 29.2 Å². The zero-order valence-corrected chi connectivity index (χ0v) is 20.9. The summed E-state index contributed by atoms with van der Waals surface area (Å²) in [7, 11) is 1.97. The smallest absolute Gasteiger partial charge is 0.406 e. The summed E-state index contributed by atoms with van der Waals surface area (Å²) < 4.78 is 42.3. The van der Waals surface area contributed by atoms with Crippen LogP contribution in [-0.4, -0.2) is 77.9 Å². The molecule has 38 heavy (non-hydrogen) atoms. The molecule has 0 saturated carbocycles. The molecule has 1 fully saturated rings. The molecule has 10 nitrogen and oxygen atoms in total. The maximum absolute atomic E-state index is 13.0. The Labute approximate surface area is 219 Å². The van der Waals surface area contributed by atoms with E-state index in [1.165, 1.54) is 0 Å². The van der Waals surface area contributed by atoms with E-state index in [4.69, 9.17) is 5.26 Å². The number of nitriles is 1. The lowest BCUT2D eigenvalue weighted by Gasteiger charge is -2.31. The molecule has 0 aliphatic carbocycles. The second-order valence-electron chi connectivity index (χ2n) is 8.44. The van der Waals surface area contributed by atoms with Crippen LogP contribution in [0.4, 0.5) is 24.0 Å². The Morgan fingerprint density at radius 1 is 1.11 bits per heavy atom. The third-order valence-electron chi connectivity index (χ3n) is 5.59. The summed E-state index contributed by atoms with van der Waals surface area (Å²) in [5.74, 6) is -1.78. The van der Waals surface area contributed by atoms with Crippen molar-refractivity contribution in [3.63, 3.8) is 0 Å². The minimum Gasteiger partial charge on any atom is -0.406 e. The number of ether oxygens (including phenoxy) is 1. The van der Waals surface area contributed by atoms with Gasteiger partial charge in [-0.2, -0.15) is 5.26 Å². The molecule has 198 valence electrons. The monoisotopic (exact) mass is 545 g/mol. The number of aromatic nitrogens is 2. The summed E-state index contributed by atoms with van der Waals surface area (Å²) in [4.78, 5) is 29.8. The third kappa shape index (κ3) is 7.25. The fraction of sp³-hybridized carbons (Fsp3) is 0.292. The lowest BCUT2D eigenvalue weighted by Crippen LogP contribution is -2.47. The molecule has 0 radical (unpaired) electrons. The van der Waals surface area contributed by atoms with Crippen LogP contribution >= 0.6 is 11.3 Å². The predicted octanol–water partition coefficient (Wildman–Crippen LogP) is 3.41. The number of piperazine rings is 1. The minimum absolute atomic E-state index is 0.0147. The summed E-state index contributed by atoms with van der Waals surface area (Å²) in [5.41, 5.74) is 0.832. The van der Waals surface area contributed by atoms with Gasteiger partial charge in [-0.1, -0.05) is 23.5 Å². The number of rotatable bonds is 7. The van der Waals surface area contributed by atoms with Crippen LogP contribution in [-0.2, 0) is 4.79 Å². The summed E-state index contributed by atoms with van der Waals surface area (Å²) >= 11 is 1.05. The van der Waals surface area contributed by atoms with Crippen LogP contribution in [0.2, 0.25) is 0 Å². The normalized spacial score (nSPS) is 14.5. The highest BCUT2D eigenvalue weighted by Gasteiger charge is 2.31. The van der Waals surface area contributed by atoms with E-state index in [9.17, 15) is 22.8 Å². The van der Waals surface area contributed by atoms with E-state index >= 15 is 0 Å². The second-order valence-corrected chi connectivity index (χ2v) is 9.42. The van der Waals surface area contributed by atoms with Gasteiger partial charge in [-0.3, -0.25) is 19.8 Å². The number of amides is 2. The van der Waals surface area contributed by atoms with Crippen LogP contribution in [0, 0.1) is 11.3 Å². The van der Waals surface area contributed by atoms with Crippen molar-refractivity contribution in [3.05, 3.63) is 53.6 Å². The van der Waals surface area contributed by atoms with Gasteiger partial charge in [-0.15, -0.1) is 23.4 Å². The molecule has 0 atom stereocenters. The Balaban J connectivity index is 1.52. The molecule has 0 bridgehead atoms. The predicted molar refractivity (Wildman–Crippen MR) is 134 cm³/mol. The van der Waals surface area contributed by atoms with Crippen LogP contribution in [0.5, 0.6) is 5.75 Å². The highest BCUT2D eigenvalue weighted by molar-refractivity contribution is 7.18. The van der Waals surface area contributed by atoms with E-state index in [1.807, 2.05) is 18.0 Å². The number of carbonyl (C=O) groups is 2. The number of anilines is 2. The lowest BCUT2D eigenvalue weighted by molar-refractivity contribution is -0.274. The van der Waals surface area contributed by atoms with Crippen molar-refractivity contribution in [2.24, 2.45) is 0 Å². The van der Waals surface area contributed by atoms with Gasteiger partial charge in [0.05, 0.1) is 29.4 Å². The number of hydrogen-bond donors (Lipinski definition) is 2. The summed E-state index contributed by atoms with van der Waals surface area (Å²) in [6.45, 7) is 2.89. The van der Waals surface area contributed by atoms with E-state index in [2.05, 4.69) is 30.5 Å². The van der Waals surface area contributed by atoms with Gasteiger partial charge in [0.2, 0.25) is 11.0 Å². The maximum atomic E-state index is 13.0. The van der Waals surface area contributed by atoms with Crippen LogP contribution in [0.1, 0.15) is 15.9 Å². The zero-order valence-electron chi connectivity index (χ0n) is 20.1. The number of halogens is 3. The molecule has 4 rings (SSSR count). The molecule has 14 heteroatoms. The number of nitrogens with zero attached hydrogens (tertiary/aromatic N) is 5. The average molecular weight is 546 g/mol. The lowest BCUT2D eigenvalue weighted by atomic mass is 10.1. The summed E-state index contributed by atoms with van der Waals surface area (Å²) in [5, 5.41) is 22.7. The fourth-order valence-corrected chi connectivity index (χ4v) is 4.43. The fourth-order valence-electron chi connectivity index (χ4n) is 3.70. The first-order valence-corrected chi connectivity index (χ1v) is 12.2. The van der Waals surface area contributed by atoms with E-state index in [-0.39, 0.29) is 22.9 Å². The van der Waals surface area contributed by atoms with Gasteiger partial charge in [-0.05, 0) is 31.3 Å². The quantitative estimate of drug-likeness (QED) is 0.463. The van der Waals surface area contributed by atoms with Gasteiger partial charge in [0.1, 0.15) is 10.8 Å². The van der Waals surface area contributed by atoms with Gasteiger partial charge in [0.25, 0.3) is 5.91 Å². The summed E-state index contributed by atoms with van der Waals surface area (Å²) in [6.07, 6.45) is -4.95. The van der Waals surface area contributed by atoms with Crippen molar-refractivity contribution >= 4 is 34.0 Å². The van der Waals surface area contributed by atoms with Gasteiger partial charge in [0, 0.05) is 37.8 Å². The molecule has 1 aliphatic heterocycles. The van der Waals surface area contributed by atoms with Gasteiger partial charge in [0.15, 0.2) is 0 Å². The first-order chi connectivity index (χ1) is 18.1. The van der Waals surface area contributed by atoms with Crippen molar-refractivity contribution < 1.29 is 27.5 Å². The molecule has 2 N–H and O–H groups in total. The zero-order chi connectivity index (χ0) is 27.3. The maximum Gasteiger partial charge on any atom is 0.573 e. The molecule has 2 aromatic carbocycles. The standard InChI is InChI=1S/C24H22F3N7O3S/c1-33-7-9-34(10-8-33)14-20(35)29-19-12-17(37-24(25,26)27)5-6-18(19)21(36)30-23-32-31-22(38-23)16-4-2-3-15(11-16)13-28/h2-6,11-12H,7-10,14H2,1H3,(H,29,35)(H,30,32,36). The Morgan fingerprint density at radius 2 is 1.87 bits per heavy atom. The molecule has 2 heterocycles. The van der Waals surface area contributed by atoms with Crippen molar-refractivity contribution in [2.45, 2.75) is 6.36 Å². The number of alkyl halides is 3. The Hall–Kier alpha value is -4.06. The first-order valence-electron chi connectivity index (χ1n) is 11.4. The molecule has 0 unspecified atom stereocenters. The molecule has 3 aromatic rings. The molecular formula is C24H22F3N7O3S. The van der Waals surface area contributed by atoms with Crippen molar-refractivity contribution in [1.82, 2.24) is 20.0 Å². The molecule has 2 amide bonds. The minimum atomic E-state index is -4.95. The molecular weight excluding hydrogens is 523 g/mol. The first kappa shape index (κ1) is 27.0. The number of likely N-dealkylation sites (N-methyl/N-ethyl adjacent to an activating group) is 1. The number of hydrogen-bond acceptors (Lipinski definition) is 9. The van der Waals surface area contributed by atoms with Gasteiger partial charge in [-0.25, -0.2) is 0 Å². The number of nitrogens with one attached hydrogen (secondary N) is 2. The Bertz CT molecular complexity index is 1360.